The predicted octanol–water partition coefficient (Wildman–Crippen LogP) is 4.31. The van der Waals surface area contributed by atoms with Crippen LogP contribution in [0, 0.1) is 5.92 Å². The van der Waals surface area contributed by atoms with Gasteiger partial charge < -0.3 is 0 Å². The van der Waals surface area contributed by atoms with E-state index in [1.165, 1.54) is 29.6 Å². The molecule has 0 amide bonds. The molecule has 88 valence electrons. The highest BCUT2D eigenvalue weighted by molar-refractivity contribution is 5.49. The highest BCUT2D eigenvalue weighted by atomic mass is 14.4. The van der Waals surface area contributed by atoms with Crippen LogP contribution in [0.25, 0.3) is 0 Å². The minimum atomic E-state index is 0.729. The number of hydrogen-bond donors (Lipinski definition) is 0. The van der Waals surface area contributed by atoms with E-state index in [-0.39, 0.29) is 0 Å². The molecular weight excluding hydrogens is 216 g/mol. The molecule has 0 spiro atoms. The molecule has 3 aliphatic carbocycles. The lowest BCUT2D eigenvalue weighted by Gasteiger charge is -2.37. The summed E-state index contributed by atoms with van der Waals surface area (Å²) in [5.41, 5.74) is 9.44. The molecule has 3 aliphatic rings. The molecule has 0 N–H and O–H groups in total. The monoisotopic (exact) mass is 232 g/mol. The van der Waals surface area contributed by atoms with Crippen LogP contribution in [0.3, 0.4) is 0 Å². The van der Waals surface area contributed by atoms with Crippen molar-refractivity contribution in [2.75, 3.05) is 0 Å². The van der Waals surface area contributed by atoms with E-state index in [0.717, 1.165) is 18.3 Å². The SMILES string of the molecule is C1=CC=CC2=C(C=1)C1CCC1c1ccccc1C2. The molecule has 0 heterocycles. The maximum atomic E-state index is 3.29. The topological polar surface area (TPSA) is 0 Å². The van der Waals surface area contributed by atoms with Crippen molar-refractivity contribution in [1.29, 1.82) is 0 Å². The fourth-order valence-corrected chi connectivity index (χ4v) is 3.56. The summed E-state index contributed by atoms with van der Waals surface area (Å²) in [6, 6.07) is 9.00. The molecule has 1 saturated carbocycles. The van der Waals surface area contributed by atoms with E-state index in [0.29, 0.717) is 0 Å². The van der Waals surface area contributed by atoms with E-state index in [9.17, 15) is 0 Å². The third-order valence-corrected chi connectivity index (χ3v) is 4.61. The normalized spacial score (nSPS) is 27.8. The highest BCUT2D eigenvalue weighted by Crippen LogP contribution is 2.51. The van der Waals surface area contributed by atoms with Gasteiger partial charge in [0.1, 0.15) is 0 Å². The van der Waals surface area contributed by atoms with Crippen LogP contribution in [0.2, 0.25) is 0 Å². The van der Waals surface area contributed by atoms with Crippen LogP contribution in [-0.2, 0) is 6.42 Å². The molecule has 1 aromatic rings. The third-order valence-electron chi connectivity index (χ3n) is 4.61. The van der Waals surface area contributed by atoms with Crippen LogP contribution in [0.4, 0.5) is 0 Å². The maximum Gasteiger partial charge on any atom is -0.00199 e. The molecule has 1 aromatic carbocycles. The van der Waals surface area contributed by atoms with Gasteiger partial charge in [-0.3, -0.25) is 0 Å². The van der Waals surface area contributed by atoms with Crippen LogP contribution in [0.5, 0.6) is 0 Å². The summed E-state index contributed by atoms with van der Waals surface area (Å²) < 4.78 is 0. The fourth-order valence-electron chi connectivity index (χ4n) is 3.56. The molecule has 2 unspecified atom stereocenters. The van der Waals surface area contributed by atoms with Crippen molar-refractivity contribution in [1.82, 2.24) is 0 Å². The zero-order chi connectivity index (χ0) is 11.9. The van der Waals surface area contributed by atoms with Crippen molar-refractivity contribution < 1.29 is 0 Å². The molecule has 0 radical (unpaired) electrons. The molecule has 18 heavy (non-hydrogen) atoms. The first-order chi connectivity index (χ1) is 8.93. The van der Waals surface area contributed by atoms with Crippen LogP contribution >= 0.6 is 0 Å². The Kier molecular flexibility index (Phi) is 2.18. The molecule has 0 aliphatic heterocycles. The van der Waals surface area contributed by atoms with E-state index in [1.807, 2.05) is 6.08 Å². The molecular formula is C18H16. The molecule has 0 aromatic heterocycles. The van der Waals surface area contributed by atoms with Crippen molar-refractivity contribution in [2.45, 2.75) is 25.2 Å². The number of hydrogen-bond acceptors (Lipinski definition) is 0. The van der Waals surface area contributed by atoms with Gasteiger partial charge in [-0.1, -0.05) is 36.4 Å². The Balaban J connectivity index is 1.91. The molecule has 0 heteroatoms. The highest BCUT2D eigenvalue weighted by Gasteiger charge is 2.37. The first-order valence-corrected chi connectivity index (χ1v) is 6.83. The molecule has 0 bridgehead atoms. The Morgan fingerprint density at radius 1 is 1.06 bits per heavy atom. The standard InChI is InChI=1S/C18H16/c1-2-6-13-12-14-7-4-5-9-16(14)18-11-10-17(18)15(13)8-3-1/h1-2,4-9,17-18H,10-12H2. The molecule has 0 nitrogen and oxygen atoms in total. The van der Waals surface area contributed by atoms with E-state index < -0.39 is 0 Å². The Bertz CT molecular complexity index is 621. The van der Waals surface area contributed by atoms with Crippen LogP contribution < -0.4 is 0 Å². The van der Waals surface area contributed by atoms with Crippen molar-refractivity contribution in [2.24, 2.45) is 5.92 Å². The molecule has 1 fully saturated rings. The first-order valence-electron chi connectivity index (χ1n) is 6.83. The summed E-state index contributed by atoms with van der Waals surface area (Å²) >= 11 is 0. The second-order valence-corrected chi connectivity index (χ2v) is 5.48. The second-order valence-electron chi connectivity index (χ2n) is 5.48. The third kappa shape index (κ3) is 1.39. The average Bonchev–Trinajstić information content (AvgIpc) is 2.60. The molecule has 0 saturated heterocycles. The zero-order valence-electron chi connectivity index (χ0n) is 10.4. The quantitative estimate of drug-likeness (QED) is 0.585. The summed E-state index contributed by atoms with van der Waals surface area (Å²) in [6.07, 6.45) is 12.4. The van der Waals surface area contributed by atoms with Gasteiger partial charge in [0.15, 0.2) is 0 Å². The lowest BCUT2D eigenvalue weighted by Crippen LogP contribution is -2.25. The zero-order valence-corrected chi connectivity index (χ0v) is 10.4. The average molecular weight is 232 g/mol. The van der Waals surface area contributed by atoms with Crippen LogP contribution in [0.1, 0.15) is 29.9 Å². The van der Waals surface area contributed by atoms with Gasteiger partial charge in [-0.05, 0) is 65.5 Å². The predicted molar refractivity (Wildman–Crippen MR) is 74.4 cm³/mol. The van der Waals surface area contributed by atoms with Gasteiger partial charge in [0.05, 0.1) is 0 Å². The summed E-state index contributed by atoms with van der Waals surface area (Å²) in [5.74, 6) is 1.48. The van der Waals surface area contributed by atoms with E-state index >= 15 is 0 Å². The number of rotatable bonds is 0. The van der Waals surface area contributed by atoms with Gasteiger partial charge >= 0.3 is 0 Å². The Labute approximate surface area is 108 Å². The summed E-state index contributed by atoms with van der Waals surface area (Å²) in [6.45, 7) is 0. The Morgan fingerprint density at radius 2 is 1.94 bits per heavy atom. The van der Waals surface area contributed by atoms with E-state index in [4.69, 9.17) is 0 Å². The lowest BCUT2D eigenvalue weighted by atomic mass is 9.66. The van der Waals surface area contributed by atoms with Gasteiger partial charge in [0.2, 0.25) is 0 Å². The van der Waals surface area contributed by atoms with E-state index in [1.54, 1.807) is 5.56 Å². The fraction of sp³-hybridized carbons (Fsp3) is 0.278. The summed E-state index contributed by atoms with van der Waals surface area (Å²) in [5, 5.41) is 0. The van der Waals surface area contributed by atoms with Crippen molar-refractivity contribution in [3.05, 3.63) is 76.6 Å². The van der Waals surface area contributed by atoms with Gasteiger partial charge in [-0.25, -0.2) is 0 Å². The smallest absolute Gasteiger partial charge is 0.00199 e. The molecule has 2 atom stereocenters. The molecule has 4 rings (SSSR count). The van der Waals surface area contributed by atoms with Gasteiger partial charge in [0.25, 0.3) is 0 Å². The number of allylic oxidation sites excluding steroid dienone is 5. The second kappa shape index (κ2) is 3.86. The Morgan fingerprint density at radius 3 is 2.83 bits per heavy atom. The lowest BCUT2D eigenvalue weighted by molar-refractivity contribution is 0.305. The van der Waals surface area contributed by atoms with Crippen molar-refractivity contribution in [3.8, 4) is 0 Å². The largest absolute Gasteiger partial charge is 0.121 e. The number of fused-ring (bicyclic) bond motifs is 4. The minimum Gasteiger partial charge on any atom is -0.121 e. The maximum absolute atomic E-state index is 3.29. The van der Waals surface area contributed by atoms with Gasteiger partial charge in [-0.15, -0.1) is 5.73 Å². The first kappa shape index (κ1) is 10.2. The van der Waals surface area contributed by atoms with Crippen LogP contribution in [0.15, 0.2) is 65.4 Å². The van der Waals surface area contributed by atoms with Crippen molar-refractivity contribution >= 4 is 0 Å². The van der Waals surface area contributed by atoms with Gasteiger partial charge in [0, 0.05) is 0 Å². The van der Waals surface area contributed by atoms with Crippen molar-refractivity contribution in [3.63, 3.8) is 0 Å². The summed E-state index contributed by atoms with van der Waals surface area (Å²) in [4.78, 5) is 0. The van der Waals surface area contributed by atoms with Gasteiger partial charge in [-0.2, -0.15) is 0 Å². The van der Waals surface area contributed by atoms with E-state index in [2.05, 4.69) is 48.2 Å². The Hall–Kier alpha value is -1.78. The number of benzene rings is 1. The minimum absolute atomic E-state index is 0.729. The van der Waals surface area contributed by atoms with Crippen LogP contribution in [-0.4, -0.2) is 0 Å². The summed E-state index contributed by atoms with van der Waals surface area (Å²) in [7, 11) is 0.